The van der Waals surface area contributed by atoms with Crippen molar-refractivity contribution < 1.29 is 9.53 Å². The van der Waals surface area contributed by atoms with Crippen LogP contribution < -0.4 is 10.1 Å². The van der Waals surface area contributed by atoms with Gasteiger partial charge in [-0.25, -0.2) is 0 Å². The third kappa shape index (κ3) is 4.12. The van der Waals surface area contributed by atoms with Crippen molar-refractivity contribution in [3.8, 4) is 5.75 Å². The Hall–Kier alpha value is -1.26. The molecule has 0 aromatic heterocycles. The maximum atomic E-state index is 13.2. The van der Waals surface area contributed by atoms with Gasteiger partial charge in [-0.15, -0.1) is 12.4 Å². The van der Waals surface area contributed by atoms with E-state index in [1.807, 2.05) is 0 Å². The van der Waals surface area contributed by atoms with Crippen LogP contribution in [0.4, 0.5) is 0 Å². The van der Waals surface area contributed by atoms with E-state index in [4.69, 9.17) is 4.74 Å². The number of fused-ring (bicyclic) bond motifs is 1. The molecule has 1 atom stereocenters. The third-order valence-corrected chi connectivity index (χ3v) is 5.80. The molecular formula is C20H29ClN2O2. The first-order valence-electron chi connectivity index (χ1n) is 9.57. The minimum absolute atomic E-state index is 0. The number of piperidine rings is 1. The number of rotatable bonds is 4. The van der Waals surface area contributed by atoms with Crippen molar-refractivity contribution in [2.75, 3.05) is 19.7 Å². The summed E-state index contributed by atoms with van der Waals surface area (Å²) in [5.74, 6) is 1.55. The molecule has 138 valence electrons. The van der Waals surface area contributed by atoms with E-state index in [0.29, 0.717) is 11.9 Å². The van der Waals surface area contributed by atoms with Crippen molar-refractivity contribution in [2.45, 2.75) is 57.5 Å². The Kier molecular flexibility index (Phi) is 6.24. The first-order chi connectivity index (χ1) is 11.8. The van der Waals surface area contributed by atoms with Crippen LogP contribution in [0.5, 0.6) is 5.75 Å². The SMILES string of the molecule is Cl.O=C(C1CCCNC1)N(Cc1ccc2c(c1)CCO2)C1CCCC1. The molecule has 1 aromatic carbocycles. The fourth-order valence-electron chi connectivity index (χ4n) is 4.43. The highest BCUT2D eigenvalue weighted by Gasteiger charge is 2.32. The lowest BCUT2D eigenvalue weighted by molar-refractivity contribution is -0.139. The molecule has 4 rings (SSSR count). The van der Waals surface area contributed by atoms with Crippen LogP contribution in [0.2, 0.25) is 0 Å². The molecule has 1 saturated heterocycles. The summed E-state index contributed by atoms with van der Waals surface area (Å²) >= 11 is 0. The molecule has 1 amide bonds. The Morgan fingerprint density at radius 2 is 2.04 bits per heavy atom. The first-order valence-corrected chi connectivity index (χ1v) is 9.57. The van der Waals surface area contributed by atoms with Gasteiger partial charge in [-0.05, 0) is 49.4 Å². The highest BCUT2D eigenvalue weighted by Crippen LogP contribution is 2.30. The van der Waals surface area contributed by atoms with Crippen LogP contribution in [0.3, 0.4) is 0 Å². The lowest BCUT2D eigenvalue weighted by Crippen LogP contribution is -2.46. The van der Waals surface area contributed by atoms with E-state index in [0.717, 1.165) is 51.3 Å². The second kappa shape index (κ2) is 8.41. The van der Waals surface area contributed by atoms with Gasteiger partial charge in [0.1, 0.15) is 5.75 Å². The number of hydrogen-bond acceptors (Lipinski definition) is 3. The largest absolute Gasteiger partial charge is 0.493 e. The molecule has 0 radical (unpaired) electrons. The summed E-state index contributed by atoms with van der Waals surface area (Å²) in [6.45, 7) is 3.45. The van der Waals surface area contributed by atoms with E-state index >= 15 is 0 Å². The second-order valence-corrected chi connectivity index (χ2v) is 7.49. The van der Waals surface area contributed by atoms with Crippen molar-refractivity contribution in [3.05, 3.63) is 29.3 Å². The standard InChI is InChI=1S/C20H28N2O2.ClH/c23-20(17-4-3-10-21-13-17)22(18-5-1-2-6-18)14-15-7-8-19-16(12-15)9-11-24-19;/h7-8,12,17-18,21H,1-6,9-11,13-14H2;1H. The van der Waals surface area contributed by atoms with E-state index in [-0.39, 0.29) is 18.3 Å². The van der Waals surface area contributed by atoms with Crippen LogP contribution in [0.15, 0.2) is 18.2 Å². The van der Waals surface area contributed by atoms with E-state index in [9.17, 15) is 4.79 Å². The van der Waals surface area contributed by atoms with Gasteiger partial charge in [-0.3, -0.25) is 4.79 Å². The van der Waals surface area contributed by atoms with E-state index < -0.39 is 0 Å². The maximum absolute atomic E-state index is 13.2. The summed E-state index contributed by atoms with van der Waals surface area (Å²) in [4.78, 5) is 15.4. The zero-order valence-corrected chi connectivity index (χ0v) is 15.7. The van der Waals surface area contributed by atoms with Crippen molar-refractivity contribution >= 4 is 18.3 Å². The molecule has 1 N–H and O–H groups in total. The lowest BCUT2D eigenvalue weighted by Gasteiger charge is -2.34. The summed E-state index contributed by atoms with van der Waals surface area (Å²) in [5.41, 5.74) is 2.55. The second-order valence-electron chi connectivity index (χ2n) is 7.49. The smallest absolute Gasteiger partial charge is 0.227 e. The van der Waals surface area contributed by atoms with Gasteiger partial charge in [-0.2, -0.15) is 0 Å². The van der Waals surface area contributed by atoms with Gasteiger partial charge in [0.2, 0.25) is 5.91 Å². The average Bonchev–Trinajstić information content (AvgIpc) is 3.31. The average molecular weight is 365 g/mol. The van der Waals surface area contributed by atoms with Gasteiger partial charge < -0.3 is 15.0 Å². The van der Waals surface area contributed by atoms with Gasteiger partial charge in [0.05, 0.1) is 12.5 Å². The fourth-order valence-corrected chi connectivity index (χ4v) is 4.43. The van der Waals surface area contributed by atoms with Gasteiger partial charge in [0, 0.05) is 25.6 Å². The number of nitrogens with one attached hydrogen (secondary N) is 1. The van der Waals surface area contributed by atoms with Crippen LogP contribution in [-0.2, 0) is 17.8 Å². The minimum Gasteiger partial charge on any atom is -0.493 e. The summed E-state index contributed by atoms with van der Waals surface area (Å²) in [6, 6.07) is 6.90. The van der Waals surface area contributed by atoms with Gasteiger partial charge in [-0.1, -0.05) is 25.0 Å². The number of carbonyl (C=O) groups is 1. The van der Waals surface area contributed by atoms with Crippen LogP contribution in [0.1, 0.15) is 49.7 Å². The predicted molar refractivity (Wildman–Crippen MR) is 101 cm³/mol. The number of nitrogens with zero attached hydrogens (tertiary/aromatic N) is 1. The molecule has 4 nitrogen and oxygen atoms in total. The molecule has 2 heterocycles. The molecule has 25 heavy (non-hydrogen) atoms. The normalized spacial score (nSPS) is 22.8. The van der Waals surface area contributed by atoms with Crippen LogP contribution in [0, 0.1) is 5.92 Å². The van der Waals surface area contributed by atoms with Gasteiger partial charge in [0.25, 0.3) is 0 Å². The fraction of sp³-hybridized carbons (Fsp3) is 0.650. The summed E-state index contributed by atoms with van der Waals surface area (Å²) in [5, 5.41) is 3.40. The Balaban J connectivity index is 0.00000182. The molecule has 1 unspecified atom stereocenters. The Labute approximate surface area is 156 Å². The monoisotopic (exact) mass is 364 g/mol. The van der Waals surface area contributed by atoms with Crippen LogP contribution in [-0.4, -0.2) is 36.5 Å². The maximum Gasteiger partial charge on any atom is 0.227 e. The zero-order valence-electron chi connectivity index (χ0n) is 14.8. The number of hydrogen-bond donors (Lipinski definition) is 1. The molecule has 1 saturated carbocycles. The van der Waals surface area contributed by atoms with E-state index in [1.165, 1.54) is 36.8 Å². The van der Waals surface area contributed by atoms with Crippen LogP contribution >= 0.6 is 12.4 Å². The minimum atomic E-state index is 0. The lowest BCUT2D eigenvalue weighted by atomic mass is 9.96. The number of carbonyl (C=O) groups excluding carboxylic acids is 1. The summed E-state index contributed by atoms with van der Waals surface area (Å²) in [7, 11) is 0. The molecule has 2 fully saturated rings. The van der Waals surface area contributed by atoms with E-state index in [2.05, 4.69) is 28.4 Å². The molecule has 5 heteroatoms. The molecule has 2 aliphatic heterocycles. The molecule has 0 bridgehead atoms. The quantitative estimate of drug-likeness (QED) is 0.891. The number of halogens is 1. The van der Waals surface area contributed by atoms with Gasteiger partial charge in [0.15, 0.2) is 0 Å². The molecule has 3 aliphatic rings. The van der Waals surface area contributed by atoms with Crippen molar-refractivity contribution in [1.82, 2.24) is 10.2 Å². The summed E-state index contributed by atoms with van der Waals surface area (Å²) < 4.78 is 5.61. The Morgan fingerprint density at radius 3 is 2.80 bits per heavy atom. The molecule has 0 spiro atoms. The van der Waals surface area contributed by atoms with Gasteiger partial charge >= 0.3 is 0 Å². The predicted octanol–water partition coefficient (Wildman–Crippen LogP) is 3.31. The molecular weight excluding hydrogens is 336 g/mol. The number of ether oxygens (including phenoxy) is 1. The first kappa shape index (κ1) is 18.5. The highest BCUT2D eigenvalue weighted by atomic mass is 35.5. The summed E-state index contributed by atoms with van der Waals surface area (Å²) in [6.07, 6.45) is 8.00. The van der Waals surface area contributed by atoms with Crippen molar-refractivity contribution in [3.63, 3.8) is 0 Å². The zero-order chi connectivity index (χ0) is 16.4. The number of amides is 1. The number of benzene rings is 1. The third-order valence-electron chi connectivity index (χ3n) is 5.80. The Morgan fingerprint density at radius 1 is 1.20 bits per heavy atom. The Bertz CT molecular complexity index is 595. The van der Waals surface area contributed by atoms with E-state index in [1.54, 1.807) is 0 Å². The van der Waals surface area contributed by atoms with Crippen molar-refractivity contribution in [2.24, 2.45) is 5.92 Å². The highest BCUT2D eigenvalue weighted by molar-refractivity contribution is 5.85. The molecule has 1 aliphatic carbocycles. The molecule has 1 aromatic rings. The van der Waals surface area contributed by atoms with Crippen LogP contribution in [0.25, 0.3) is 0 Å². The topological polar surface area (TPSA) is 41.6 Å². The van der Waals surface area contributed by atoms with Crippen molar-refractivity contribution in [1.29, 1.82) is 0 Å².